The summed E-state index contributed by atoms with van der Waals surface area (Å²) in [5.74, 6) is 0. The fourth-order valence-corrected chi connectivity index (χ4v) is 3.50. The molecule has 2 heterocycles. The molecule has 5 heteroatoms. The average Bonchev–Trinajstić information content (AvgIpc) is 2.63. The zero-order valence-corrected chi connectivity index (χ0v) is 13.8. The van der Waals surface area contributed by atoms with Crippen molar-refractivity contribution < 1.29 is 14.3 Å². The lowest BCUT2D eigenvalue weighted by molar-refractivity contribution is -0.0530. The van der Waals surface area contributed by atoms with Crippen molar-refractivity contribution in [3.63, 3.8) is 0 Å². The number of benzene rings is 1. The van der Waals surface area contributed by atoms with Gasteiger partial charge in [-0.2, -0.15) is 0 Å². The van der Waals surface area contributed by atoms with Gasteiger partial charge in [0.15, 0.2) is 0 Å². The number of nitrogens with zero attached hydrogens (tertiary/aromatic N) is 2. The lowest BCUT2D eigenvalue weighted by Crippen LogP contribution is -2.50. The van der Waals surface area contributed by atoms with Crippen LogP contribution in [0.25, 0.3) is 0 Å². The van der Waals surface area contributed by atoms with Crippen molar-refractivity contribution in [2.75, 3.05) is 39.4 Å². The molecule has 23 heavy (non-hydrogen) atoms. The second-order valence-corrected chi connectivity index (χ2v) is 6.18. The first-order valence-corrected chi connectivity index (χ1v) is 8.60. The Bertz CT molecular complexity index is 500. The highest BCUT2D eigenvalue weighted by Gasteiger charge is 2.31. The van der Waals surface area contributed by atoms with E-state index in [0.717, 1.165) is 45.6 Å². The Balaban J connectivity index is 1.53. The van der Waals surface area contributed by atoms with Crippen LogP contribution in [-0.2, 0) is 9.47 Å². The SMILES string of the molecule is CCOC(=O)N1CCC(N2CCO[C@@H](c3ccccc3)C2)CC1. The number of carbonyl (C=O) groups is 1. The fraction of sp³-hybridized carbons (Fsp3) is 0.611. The van der Waals surface area contributed by atoms with Crippen LogP contribution < -0.4 is 0 Å². The Hall–Kier alpha value is -1.59. The molecule has 1 aromatic rings. The van der Waals surface area contributed by atoms with E-state index in [-0.39, 0.29) is 12.2 Å². The van der Waals surface area contributed by atoms with Crippen LogP contribution in [0.1, 0.15) is 31.4 Å². The lowest BCUT2D eigenvalue weighted by Gasteiger charge is -2.42. The van der Waals surface area contributed by atoms with Crippen LogP contribution >= 0.6 is 0 Å². The number of ether oxygens (including phenoxy) is 2. The number of hydrogen-bond acceptors (Lipinski definition) is 4. The van der Waals surface area contributed by atoms with Gasteiger partial charge in [0, 0.05) is 32.2 Å². The quantitative estimate of drug-likeness (QED) is 0.859. The first-order valence-electron chi connectivity index (χ1n) is 8.60. The van der Waals surface area contributed by atoms with Gasteiger partial charge in [0.25, 0.3) is 0 Å². The molecule has 2 fully saturated rings. The normalized spacial score (nSPS) is 23.7. The number of likely N-dealkylation sites (tertiary alicyclic amines) is 1. The molecular weight excluding hydrogens is 292 g/mol. The fourth-order valence-electron chi connectivity index (χ4n) is 3.50. The van der Waals surface area contributed by atoms with E-state index in [2.05, 4.69) is 29.2 Å². The van der Waals surface area contributed by atoms with Crippen molar-refractivity contribution in [1.82, 2.24) is 9.80 Å². The molecule has 0 aromatic heterocycles. The third kappa shape index (κ3) is 4.03. The van der Waals surface area contributed by atoms with E-state index < -0.39 is 0 Å². The molecule has 1 atom stereocenters. The van der Waals surface area contributed by atoms with Crippen LogP contribution in [0.15, 0.2) is 30.3 Å². The topological polar surface area (TPSA) is 42.0 Å². The predicted molar refractivity (Wildman–Crippen MR) is 88.3 cm³/mol. The van der Waals surface area contributed by atoms with Crippen molar-refractivity contribution in [2.45, 2.75) is 31.9 Å². The van der Waals surface area contributed by atoms with E-state index in [1.165, 1.54) is 5.56 Å². The summed E-state index contributed by atoms with van der Waals surface area (Å²) in [5.41, 5.74) is 1.25. The molecule has 5 nitrogen and oxygen atoms in total. The Morgan fingerprint density at radius 3 is 2.65 bits per heavy atom. The third-order valence-corrected chi connectivity index (χ3v) is 4.78. The monoisotopic (exact) mass is 318 g/mol. The molecule has 0 aliphatic carbocycles. The Kier molecular flexibility index (Phi) is 5.51. The molecule has 126 valence electrons. The van der Waals surface area contributed by atoms with Crippen LogP contribution in [0.5, 0.6) is 0 Å². The van der Waals surface area contributed by atoms with Crippen LogP contribution in [0, 0.1) is 0 Å². The summed E-state index contributed by atoms with van der Waals surface area (Å²) in [4.78, 5) is 16.1. The van der Waals surface area contributed by atoms with Gasteiger partial charge in [-0.15, -0.1) is 0 Å². The molecule has 0 bridgehead atoms. The van der Waals surface area contributed by atoms with E-state index in [0.29, 0.717) is 12.6 Å². The molecular formula is C18H26N2O3. The summed E-state index contributed by atoms with van der Waals surface area (Å²) in [6.45, 7) is 6.57. The summed E-state index contributed by atoms with van der Waals surface area (Å²) in [6, 6.07) is 11.0. The molecule has 3 rings (SSSR count). The average molecular weight is 318 g/mol. The minimum atomic E-state index is -0.171. The minimum absolute atomic E-state index is 0.160. The largest absolute Gasteiger partial charge is 0.450 e. The highest BCUT2D eigenvalue weighted by atomic mass is 16.6. The van der Waals surface area contributed by atoms with Gasteiger partial charge < -0.3 is 14.4 Å². The van der Waals surface area contributed by atoms with Gasteiger partial charge >= 0.3 is 6.09 Å². The van der Waals surface area contributed by atoms with Gasteiger partial charge in [0.05, 0.1) is 19.3 Å². The van der Waals surface area contributed by atoms with E-state index in [4.69, 9.17) is 9.47 Å². The van der Waals surface area contributed by atoms with Gasteiger partial charge in [-0.05, 0) is 25.3 Å². The Morgan fingerprint density at radius 2 is 1.96 bits per heavy atom. The molecule has 2 aliphatic heterocycles. The van der Waals surface area contributed by atoms with Crippen LogP contribution in [0.4, 0.5) is 4.79 Å². The Labute approximate surface area is 138 Å². The summed E-state index contributed by atoms with van der Waals surface area (Å²) in [5, 5.41) is 0. The molecule has 1 amide bonds. The lowest BCUT2D eigenvalue weighted by atomic mass is 10.0. The van der Waals surface area contributed by atoms with Crippen LogP contribution in [0.3, 0.4) is 0 Å². The highest BCUT2D eigenvalue weighted by molar-refractivity contribution is 5.67. The van der Waals surface area contributed by atoms with Crippen molar-refractivity contribution in [1.29, 1.82) is 0 Å². The first kappa shape index (κ1) is 16.3. The van der Waals surface area contributed by atoms with Gasteiger partial charge in [-0.3, -0.25) is 4.90 Å². The Morgan fingerprint density at radius 1 is 1.22 bits per heavy atom. The molecule has 2 aliphatic rings. The van der Waals surface area contributed by atoms with E-state index in [1.54, 1.807) is 0 Å². The summed E-state index contributed by atoms with van der Waals surface area (Å²) < 4.78 is 11.0. The molecule has 0 radical (unpaired) electrons. The first-order chi connectivity index (χ1) is 11.3. The van der Waals surface area contributed by atoms with Crippen LogP contribution in [-0.4, -0.2) is 61.3 Å². The smallest absolute Gasteiger partial charge is 0.409 e. The number of hydrogen-bond donors (Lipinski definition) is 0. The maximum atomic E-state index is 11.8. The number of morpholine rings is 1. The van der Waals surface area contributed by atoms with Crippen molar-refractivity contribution >= 4 is 6.09 Å². The molecule has 0 unspecified atom stereocenters. The second kappa shape index (κ2) is 7.79. The van der Waals surface area contributed by atoms with Crippen molar-refractivity contribution in [3.05, 3.63) is 35.9 Å². The zero-order valence-electron chi connectivity index (χ0n) is 13.8. The number of carbonyl (C=O) groups excluding carboxylic acids is 1. The number of amides is 1. The maximum absolute atomic E-state index is 11.8. The van der Waals surface area contributed by atoms with Crippen LogP contribution in [0.2, 0.25) is 0 Å². The summed E-state index contributed by atoms with van der Waals surface area (Å²) >= 11 is 0. The van der Waals surface area contributed by atoms with Crippen molar-refractivity contribution in [3.8, 4) is 0 Å². The molecule has 1 aromatic carbocycles. The van der Waals surface area contributed by atoms with Gasteiger partial charge in [0.2, 0.25) is 0 Å². The summed E-state index contributed by atoms with van der Waals surface area (Å²) in [6.07, 6.45) is 2.02. The standard InChI is InChI=1S/C18H26N2O3/c1-2-22-18(21)19-10-8-16(9-11-19)20-12-13-23-17(14-20)15-6-4-3-5-7-15/h3-7,16-17H,2,8-14H2,1H3/t17-/m1/s1. The molecule has 2 saturated heterocycles. The van der Waals surface area contributed by atoms with Gasteiger partial charge in [-0.1, -0.05) is 30.3 Å². The summed E-state index contributed by atoms with van der Waals surface area (Å²) in [7, 11) is 0. The minimum Gasteiger partial charge on any atom is -0.450 e. The van der Waals surface area contributed by atoms with Gasteiger partial charge in [0.1, 0.15) is 0 Å². The van der Waals surface area contributed by atoms with E-state index >= 15 is 0 Å². The van der Waals surface area contributed by atoms with E-state index in [1.807, 2.05) is 17.9 Å². The maximum Gasteiger partial charge on any atom is 0.409 e. The molecule has 0 spiro atoms. The van der Waals surface area contributed by atoms with Gasteiger partial charge in [-0.25, -0.2) is 4.79 Å². The van der Waals surface area contributed by atoms with E-state index in [9.17, 15) is 4.79 Å². The van der Waals surface area contributed by atoms with Crippen molar-refractivity contribution in [2.24, 2.45) is 0 Å². The number of piperidine rings is 1. The zero-order chi connectivity index (χ0) is 16.1. The molecule has 0 saturated carbocycles. The predicted octanol–water partition coefficient (Wildman–Crippen LogP) is 2.68. The third-order valence-electron chi connectivity index (χ3n) is 4.78. The number of rotatable bonds is 3. The second-order valence-electron chi connectivity index (χ2n) is 6.18. The highest BCUT2D eigenvalue weighted by Crippen LogP contribution is 2.26. The molecule has 0 N–H and O–H groups in total.